The Morgan fingerprint density at radius 1 is 0.920 bits per heavy atom. The first-order valence-electron chi connectivity index (χ1n) is 6.84. The highest BCUT2D eigenvalue weighted by Crippen LogP contribution is 2.29. The van der Waals surface area contributed by atoms with Crippen LogP contribution in [0.4, 0.5) is 5.69 Å². The lowest BCUT2D eigenvalue weighted by molar-refractivity contribution is -0.797. The fourth-order valence-electron chi connectivity index (χ4n) is 2.40. The van der Waals surface area contributed by atoms with Gasteiger partial charge in [0.1, 0.15) is 18.3 Å². The molecule has 25 heavy (non-hydrogen) atoms. The van der Waals surface area contributed by atoms with Crippen molar-refractivity contribution < 1.29 is 34.3 Å². The van der Waals surface area contributed by atoms with Gasteiger partial charge in [-0.2, -0.15) is 0 Å². The number of nitro groups is 1. The molecule has 13 nitrogen and oxygen atoms in total. The second-order valence-corrected chi connectivity index (χ2v) is 5.04. The molecule has 0 aromatic heterocycles. The largest absolute Gasteiger partial charge is 0.459 e. The van der Waals surface area contributed by atoms with E-state index in [1.165, 1.54) is 12.1 Å². The van der Waals surface area contributed by atoms with Crippen molar-refractivity contribution in [2.75, 3.05) is 0 Å². The minimum Gasteiger partial charge on any atom is -0.459 e. The highest BCUT2D eigenvalue weighted by molar-refractivity contribution is 5.89. The number of hydrogen-bond acceptors (Lipinski definition) is 10. The molecule has 0 spiro atoms. The van der Waals surface area contributed by atoms with Crippen LogP contribution >= 0.6 is 0 Å². The van der Waals surface area contributed by atoms with Crippen molar-refractivity contribution in [2.45, 2.75) is 31.2 Å². The minimum atomic E-state index is -1.25. The van der Waals surface area contributed by atoms with Crippen molar-refractivity contribution in [1.82, 2.24) is 0 Å². The van der Waals surface area contributed by atoms with Crippen LogP contribution in [0.1, 0.15) is 23.2 Å². The third kappa shape index (κ3) is 4.73. The van der Waals surface area contributed by atoms with Crippen LogP contribution in [0.15, 0.2) is 24.3 Å². The van der Waals surface area contributed by atoms with Gasteiger partial charge in [-0.1, -0.05) is 0 Å². The highest BCUT2D eigenvalue weighted by Gasteiger charge is 2.41. The Hall–Kier alpha value is -3.51. The Balaban J connectivity index is 2.01. The van der Waals surface area contributed by atoms with Crippen LogP contribution < -0.4 is 0 Å². The van der Waals surface area contributed by atoms with E-state index in [4.69, 9.17) is 4.74 Å². The van der Waals surface area contributed by atoms with E-state index in [-0.39, 0.29) is 24.1 Å². The molecular formula is C12H11N3O10. The molecule has 1 fully saturated rings. The van der Waals surface area contributed by atoms with Crippen LogP contribution in [0.2, 0.25) is 0 Å². The van der Waals surface area contributed by atoms with Gasteiger partial charge < -0.3 is 14.4 Å². The fraction of sp³-hybridized carbons (Fsp3) is 0.417. The molecule has 1 aromatic rings. The van der Waals surface area contributed by atoms with Crippen molar-refractivity contribution in [3.05, 3.63) is 60.2 Å². The molecule has 2 rings (SSSR count). The maximum Gasteiger partial charge on any atom is 0.338 e. The maximum atomic E-state index is 12.0. The van der Waals surface area contributed by atoms with Crippen LogP contribution in [-0.4, -0.2) is 39.4 Å². The minimum absolute atomic E-state index is 0.0241. The fourth-order valence-corrected chi connectivity index (χ4v) is 2.40. The van der Waals surface area contributed by atoms with Gasteiger partial charge in [-0.15, -0.1) is 20.2 Å². The molecule has 0 amide bonds. The smallest absolute Gasteiger partial charge is 0.338 e. The van der Waals surface area contributed by atoms with E-state index in [2.05, 4.69) is 9.68 Å². The molecule has 0 aliphatic heterocycles. The number of esters is 1. The molecule has 13 heteroatoms. The summed E-state index contributed by atoms with van der Waals surface area (Å²) in [5.41, 5.74) is -0.188. The number of ether oxygens (including phenoxy) is 1. The predicted octanol–water partition coefficient (Wildman–Crippen LogP) is 1.07. The van der Waals surface area contributed by atoms with Crippen molar-refractivity contribution in [1.29, 1.82) is 0 Å². The maximum absolute atomic E-state index is 12.0. The monoisotopic (exact) mass is 357 g/mol. The van der Waals surface area contributed by atoms with Crippen LogP contribution in [0.5, 0.6) is 0 Å². The Bertz CT molecular complexity index is 667. The van der Waals surface area contributed by atoms with Gasteiger partial charge in [-0.3, -0.25) is 10.1 Å². The first-order chi connectivity index (χ1) is 11.8. The van der Waals surface area contributed by atoms with Crippen LogP contribution in [-0.2, 0) is 14.4 Å². The van der Waals surface area contributed by atoms with Crippen molar-refractivity contribution in [2.24, 2.45) is 0 Å². The third-order valence-electron chi connectivity index (χ3n) is 3.44. The molecule has 0 unspecified atom stereocenters. The molecule has 1 aliphatic rings. The normalized spacial score (nSPS) is 22.0. The van der Waals surface area contributed by atoms with E-state index in [0.29, 0.717) is 0 Å². The topological polar surface area (TPSA) is 174 Å². The third-order valence-corrected chi connectivity index (χ3v) is 3.44. The van der Waals surface area contributed by atoms with Gasteiger partial charge in [0.2, 0.25) is 0 Å². The summed E-state index contributed by atoms with van der Waals surface area (Å²) in [7, 11) is 0. The molecule has 0 N–H and O–H groups in total. The Labute approximate surface area is 138 Å². The Kier molecular flexibility index (Phi) is 5.26. The van der Waals surface area contributed by atoms with Gasteiger partial charge >= 0.3 is 5.97 Å². The number of non-ortho nitro benzene ring substituents is 1. The lowest BCUT2D eigenvalue weighted by Crippen LogP contribution is -2.30. The second kappa shape index (κ2) is 7.37. The van der Waals surface area contributed by atoms with E-state index in [9.17, 15) is 35.1 Å². The number of benzene rings is 1. The van der Waals surface area contributed by atoms with E-state index in [1.54, 1.807) is 0 Å². The lowest BCUT2D eigenvalue weighted by atomic mass is 10.2. The predicted molar refractivity (Wildman–Crippen MR) is 75.3 cm³/mol. The number of carbonyl (C=O) groups excluding carboxylic acids is 1. The molecule has 0 saturated heterocycles. The molecule has 1 aliphatic carbocycles. The number of rotatable bonds is 7. The average molecular weight is 357 g/mol. The summed E-state index contributed by atoms with van der Waals surface area (Å²) in [5.74, 6) is -0.832. The Morgan fingerprint density at radius 2 is 1.40 bits per heavy atom. The summed E-state index contributed by atoms with van der Waals surface area (Å²) in [5, 5.41) is 29.2. The van der Waals surface area contributed by atoms with Gasteiger partial charge in [-0.25, -0.2) is 4.79 Å². The van der Waals surface area contributed by atoms with Crippen molar-refractivity contribution >= 4 is 11.7 Å². The highest BCUT2D eigenvalue weighted by atomic mass is 17.0. The van der Waals surface area contributed by atoms with E-state index < -0.39 is 39.4 Å². The molecule has 1 aromatic carbocycles. The molecule has 3 atom stereocenters. The number of hydrogen-bond donors (Lipinski definition) is 0. The molecular weight excluding hydrogens is 346 g/mol. The van der Waals surface area contributed by atoms with Crippen LogP contribution in [0.25, 0.3) is 0 Å². The summed E-state index contributed by atoms with van der Waals surface area (Å²) in [6.45, 7) is 0. The summed E-state index contributed by atoms with van der Waals surface area (Å²) in [6.07, 6.45) is -3.75. The zero-order chi connectivity index (χ0) is 18.6. The average Bonchev–Trinajstić information content (AvgIpc) is 2.87. The van der Waals surface area contributed by atoms with E-state index >= 15 is 0 Å². The molecule has 0 bridgehead atoms. The quantitative estimate of drug-likeness (QED) is 0.390. The number of carbonyl (C=O) groups is 1. The van der Waals surface area contributed by atoms with Gasteiger partial charge in [0.15, 0.2) is 0 Å². The second-order valence-electron chi connectivity index (χ2n) is 5.04. The zero-order valence-electron chi connectivity index (χ0n) is 12.4. The first-order valence-corrected chi connectivity index (χ1v) is 6.84. The van der Waals surface area contributed by atoms with Gasteiger partial charge in [0.05, 0.1) is 10.5 Å². The van der Waals surface area contributed by atoms with E-state index in [0.717, 1.165) is 12.1 Å². The molecule has 1 saturated carbocycles. The Morgan fingerprint density at radius 3 is 1.80 bits per heavy atom. The number of nitrogens with zero attached hydrogens (tertiary/aromatic N) is 3. The van der Waals surface area contributed by atoms with Gasteiger partial charge in [-0.05, 0) is 12.1 Å². The summed E-state index contributed by atoms with van der Waals surface area (Å²) in [6, 6.07) is 4.60. The van der Waals surface area contributed by atoms with Gasteiger partial charge in [0, 0.05) is 25.0 Å². The van der Waals surface area contributed by atoms with Crippen LogP contribution in [0, 0.1) is 30.3 Å². The summed E-state index contributed by atoms with van der Waals surface area (Å²) in [4.78, 5) is 51.4. The van der Waals surface area contributed by atoms with Crippen LogP contribution in [0.3, 0.4) is 0 Å². The summed E-state index contributed by atoms with van der Waals surface area (Å²) < 4.78 is 5.11. The zero-order valence-corrected chi connectivity index (χ0v) is 12.4. The first kappa shape index (κ1) is 17.8. The van der Waals surface area contributed by atoms with E-state index in [1.807, 2.05) is 0 Å². The molecule has 0 heterocycles. The van der Waals surface area contributed by atoms with Crippen molar-refractivity contribution in [3.8, 4) is 0 Å². The standard InChI is InChI=1S/C12H11N3O10/c16-12(7-1-3-8(4-2-7)13(17)18)23-9-5-10(24-14(19)20)11(6-9)25-15(21)22/h1-4,9-11H,5-6H2/t9-,10+,11-. The van der Waals surface area contributed by atoms with Crippen molar-refractivity contribution in [3.63, 3.8) is 0 Å². The molecule has 0 radical (unpaired) electrons. The summed E-state index contributed by atoms with van der Waals surface area (Å²) >= 11 is 0. The molecule has 134 valence electrons. The number of nitro benzene ring substituents is 1. The lowest BCUT2D eigenvalue weighted by Gasteiger charge is -2.14. The van der Waals surface area contributed by atoms with Gasteiger partial charge in [0.25, 0.3) is 15.9 Å². The SMILES string of the molecule is O=C(O[C@@H]1C[C@H](O[N+](=O)[O-])[C@H](O[N+](=O)[O-])C1)c1ccc([N+](=O)[O-])cc1.